The summed E-state index contributed by atoms with van der Waals surface area (Å²) >= 11 is 0. The van der Waals surface area contributed by atoms with Gasteiger partial charge in [0.2, 0.25) is 10.0 Å². The van der Waals surface area contributed by atoms with E-state index in [-0.39, 0.29) is 29.7 Å². The molecule has 1 aliphatic heterocycles. The lowest BCUT2D eigenvalue weighted by Gasteiger charge is -2.30. The summed E-state index contributed by atoms with van der Waals surface area (Å²) in [5, 5.41) is 3.36. The Morgan fingerprint density at radius 3 is 2.46 bits per heavy atom. The third-order valence-electron chi connectivity index (χ3n) is 3.76. The van der Waals surface area contributed by atoms with Gasteiger partial charge in [0, 0.05) is 25.3 Å². The maximum absolute atomic E-state index is 11.5. The van der Waals surface area contributed by atoms with Gasteiger partial charge >= 0.3 is 0 Å². The molecule has 0 atom stereocenters. The SMILES string of the molecule is CCS(=O)(=O)NCCN=C(Nc1ccccc1)N1CCCCC1.I. The molecule has 1 heterocycles. The Bertz CT molecular complexity index is 602. The van der Waals surface area contributed by atoms with Crippen molar-refractivity contribution < 1.29 is 8.42 Å². The number of nitrogens with one attached hydrogen (secondary N) is 2. The summed E-state index contributed by atoms with van der Waals surface area (Å²) in [6.07, 6.45) is 3.58. The van der Waals surface area contributed by atoms with Gasteiger partial charge in [-0.25, -0.2) is 13.1 Å². The third kappa shape index (κ3) is 7.35. The van der Waals surface area contributed by atoms with E-state index in [0.29, 0.717) is 13.1 Å². The number of aliphatic imine (C=N–C) groups is 1. The maximum atomic E-state index is 11.5. The molecule has 1 aliphatic rings. The van der Waals surface area contributed by atoms with Crippen molar-refractivity contribution in [2.24, 2.45) is 4.99 Å². The number of anilines is 1. The molecule has 2 N–H and O–H groups in total. The van der Waals surface area contributed by atoms with Gasteiger partial charge in [-0.2, -0.15) is 0 Å². The number of rotatable bonds is 6. The lowest BCUT2D eigenvalue weighted by molar-refractivity contribution is 0.340. The molecule has 8 heteroatoms. The van der Waals surface area contributed by atoms with E-state index in [1.54, 1.807) is 6.92 Å². The van der Waals surface area contributed by atoms with E-state index in [4.69, 9.17) is 0 Å². The van der Waals surface area contributed by atoms with Crippen molar-refractivity contribution in [2.45, 2.75) is 26.2 Å². The van der Waals surface area contributed by atoms with E-state index in [0.717, 1.165) is 37.6 Å². The van der Waals surface area contributed by atoms with Gasteiger partial charge < -0.3 is 10.2 Å². The maximum Gasteiger partial charge on any atom is 0.211 e. The Kier molecular flexibility index (Phi) is 9.60. The second-order valence-corrected chi connectivity index (χ2v) is 7.64. The summed E-state index contributed by atoms with van der Waals surface area (Å²) in [6, 6.07) is 9.93. The lowest BCUT2D eigenvalue weighted by Crippen LogP contribution is -2.40. The minimum Gasteiger partial charge on any atom is -0.343 e. The molecular weight excluding hydrogens is 439 g/mol. The fraction of sp³-hybridized carbons (Fsp3) is 0.562. The molecule has 1 aromatic carbocycles. The molecule has 0 unspecified atom stereocenters. The molecule has 1 aromatic rings. The Balaban J connectivity index is 0.00000288. The Morgan fingerprint density at radius 2 is 1.83 bits per heavy atom. The summed E-state index contributed by atoms with van der Waals surface area (Å²) in [4.78, 5) is 6.83. The van der Waals surface area contributed by atoms with Crippen LogP contribution in [0.1, 0.15) is 26.2 Å². The van der Waals surface area contributed by atoms with Crippen LogP contribution in [0.3, 0.4) is 0 Å². The monoisotopic (exact) mass is 466 g/mol. The molecule has 136 valence electrons. The van der Waals surface area contributed by atoms with Crippen molar-refractivity contribution in [2.75, 3.05) is 37.2 Å². The molecule has 0 aromatic heterocycles. The number of hydrogen-bond acceptors (Lipinski definition) is 3. The average Bonchev–Trinajstić information content (AvgIpc) is 2.59. The van der Waals surface area contributed by atoms with Crippen molar-refractivity contribution in [3.05, 3.63) is 30.3 Å². The first-order valence-electron chi connectivity index (χ1n) is 8.19. The molecule has 6 nitrogen and oxygen atoms in total. The first-order valence-corrected chi connectivity index (χ1v) is 9.85. The lowest BCUT2D eigenvalue weighted by atomic mass is 10.1. The molecule has 2 rings (SSSR count). The van der Waals surface area contributed by atoms with Crippen molar-refractivity contribution >= 4 is 45.6 Å². The van der Waals surface area contributed by atoms with E-state index in [1.807, 2.05) is 30.3 Å². The number of benzene rings is 1. The van der Waals surface area contributed by atoms with Gasteiger partial charge in [0.1, 0.15) is 0 Å². The van der Waals surface area contributed by atoms with Gasteiger partial charge in [-0.05, 0) is 38.3 Å². The smallest absolute Gasteiger partial charge is 0.211 e. The molecule has 0 amide bonds. The zero-order chi connectivity index (χ0) is 16.5. The Hall–Kier alpha value is -0.870. The van der Waals surface area contributed by atoms with E-state index < -0.39 is 10.0 Å². The van der Waals surface area contributed by atoms with Gasteiger partial charge in [0.15, 0.2) is 5.96 Å². The Labute approximate surface area is 162 Å². The van der Waals surface area contributed by atoms with Crippen molar-refractivity contribution in [1.29, 1.82) is 0 Å². The number of para-hydroxylation sites is 1. The second kappa shape index (κ2) is 10.9. The number of piperidine rings is 1. The minimum atomic E-state index is -3.15. The van der Waals surface area contributed by atoms with Crippen LogP contribution in [0.15, 0.2) is 35.3 Å². The largest absolute Gasteiger partial charge is 0.343 e. The van der Waals surface area contributed by atoms with Gasteiger partial charge in [0.05, 0.1) is 12.3 Å². The third-order valence-corrected chi connectivity index (χ3v) is 5.16. The summed E-state index contributed by atoms with van der Waals surface area (Å²) < 4.78 is 25.5. The van der Waals surface area contributed by atoms with E-state index in [1.165, 1.54) is 6.42 Å². The quantitative estimate of drug-likeness (QED) is 0.293. The Morgan fingerprint density at radius 1 is 1.17 bits per heavy atom. The van der Waals surface area contributed by atoms with Crippen LogP contribution < -0.4 is 10.0 Å². The van der Waals surface area contributed by atoms with Crippen LogP contribution in [0.25, 0.3) is 0 Å². The summed E-state index contributed by atoms with van der Waals surface area (Å²) in [5.74, 6) is 0.921. The van der Waals surface area contributed by atoms with Gasteiger partial charge in [0.25, 0.3) is 0 Å². The van der Waals surface area contributed by atoms with Crippen LogP contribution in [0, 0.1) is 0 Å². The van der Waals surface area contributed by atoms with E-state index >= 15 is 0 Å². The average molecular weight is 466 g/mol. The summed E-state index contributed by atoms with van der Waals surface area (Å²) in [5.41, 5.74) is 0.992. The van der Waals surface area contributed by atoms with E-state index in [9.17, 15) is 8.42 Å². The van der Waals surface area contributed by atoms with Gasteiger partial charge in [-0.3, -0.25) is 4.99 Å². The van der Waals surface area contributed by atoms with Crippen molar-refractivity contribution in [1.82, 2.24) is 9.62 Å². The fourth-order valence-corrected chi connectivity index (χ4v) is 3.05. The molecule has 1 fully saturated rings. The number of halogens is 1. The second-order valence-electron chi connectivity index (χ2n) is 5.54. The van der Waals surface area contributed by atoms with Crippen LogP contribution >= 0.6 is 24.0 Å². The molecule has 0 radical (unpaired) electrons. The highest BCUT2D eigenvalue weighted by Crippen LogP contribution is 2.12. The normalized spacial score (nSPS) is 15.7. The zero-order valence-corrected chi connectivity index (χ0v) is 17.2. The predicted octanol–water partition coefficient (Wildman–Crippen LogP) is 2.50. The van der Waals surface area contributed by atoms with Crippen LogP contribution in [-0.2, 0) is 10.0 Å². The van der Waals surface area contributed by atoms with Crippen molar-refractivity contribution in [3.8, 4) is 0 Å². The number of hydrogen-bond donors (Lipinski definition) is 2. The van der Waals surface area contributed by atoms with Gasteiger partial charge in [-0.1, -0.05) is 18.2 Å². The van der Waals surface area contributed by atoms with Crippen LogP contribution in [0.2, 0.25) is 0 Å². The highest BCUT2D eigenvalue weighted by molar-refractivity contribution is 14.0. The molecular formula is C16H27IN4O2S. The van der Waals surface area contributed by atoms with Crippen LogP contribution in [-0.4, -0.2) is 51.2 Å². The number of likely N-dealkylation sites (tertiary alicyclic amines) is 1. The molecule has 0 aliphatic carbocycles. The molecule has 24 heavy (non-hydrogen) atoms. The number of guanidine groups is 1. The van der Waals surface area contributed by atoms with Crippen LogP contribution in [0.5, 0.6) is 0 Å². The van der Waals surface area contributed by atoms with E-state index in [2.05, 4.69) is 19.9 Å². The predicted molar refractivity (Wildman–Crippen MR) is 111 cm³/mol. The summed E-state index contributed by atoms with van der Waals surface area (Å²) in [7, 11) is -3.15. The highest BCUT2D eigenvalue weighted by Gasteiger charge is 2.15. The summed E-state index contributed by atoms with van der Waals surface area (Å²) in [6.45, 7) is 4.34. The highest BCUT2D eigenvalue weighted by atomic mass is 127. The molecule has 0 spiro atoms. The molecule has 1 saturated heterocycles. The fourth-order valence-electron chi connectivity index (χ4n) is 2.44. The number of nitrogens with zero attached hydrogens (tertiary/aromatic N) is 2. The standard InChI is InChI=1S/C16H26N4O2S.HI/c1-2-23(21,22)18-12-11-17-16(20-13-7-4-8-14-20)19-15-9-5-3-6-10-15;/h3,5-6,9-10,18H,2,4,7-8,11-14H2,1H3,(H,17,19);1H. The topological polar surface area (TPSA) is 73.8 Å². The molecule has 0 saturated carbocycles. The van der Waals surface area contributed by atoms with Crippen molar-refractivity contribution in [3.63, 3.8) is 0 Å². The first kappa shape index (κ1) is 21.2. The molecule has 0 bridgehead atoms. The minimum absolute atomic E-state index is 0. The first-order chi connectivity index (χ1) is 11.1. The number of sulfonamides is 1. The van der Waals surface area contributed by atoms with Crippen LogP contribution in [0.4, 0.5) is 5.69 Å². The van der Waals surface area contributed by atoms with Gasteiger partial charge in [-0.15, -0.1) is 24.0 Å². The zero-order valence-electron chi connectivity index (χ0n) is 14.1.